The summed E-state index contributed by atoms with van der Waals surface area (Å²) in [5, 5.41) is 2.90. The highest BCUT2D eigenvalue weighted by Crippen LogP contribution is 2.26. The fraction of sp³-hybridized carbons (Fsp3) is 0.440. The number of rotatable bonds is 9. The molecule has 162 valence electrons. The van der Waals surface area contributed by atoms with Gasteiger partial charge in [-0.3, -0.25) is 9.59 Å². The molecular weight excluding hydrogens is 376 g/mol. The third-order valence-corrected chi connectivity index (χ3v) is 5.09. The molecule has 30 heavy (non-hydrogen) atoms. The molecule has 1 atom stereocenters. The number of nitrogens with zero attached hydrogens (tertiary/aromatic N) is 1. The maximum absolute atomic E-state index is 13.2. The number of carbonyl (C=O) groups excluding carboxylic acids is 2. The van der Waals surface area contributed by atoms with Gasteiger partial charge in [0.05, 0.1) is 0 Å². The molecular formula is C25H34N2O3. The standard InChI is InChI=1S/C25H34N2O3/c1-17(2)22-13-9-10-14-23(22)30-16-24(28)27(20(6)25(29)26-18(3)4)15-21-12-8-7-11-19(21)5/h7-14,17-18,20H,15-16H2,1-6H3,(H,26,29)/t20-/m0/s1. The first-order valence-electron chi connectivity index (χ1n) is 10.6. The molecule has 0 aliphatic carbocycles. The highest BCUT2D eigenvalue weighted by molar-refractivity contribution is 5.88. The second-order valence-electron chi connectivity index (χ2n) is 8.27. The van der Waals surface area contributed by atoms with E-state index in [0.717, 1.165) is 16.7 Å². The molecule has 1 N–H and O–H groups in total. The molecule has 0 spiro atoms. The topological polar surface area (TPSA) is 58.6 Å². The van der Waals surface area contributed by atoms with Crippen LogP contribution in [0.3, 0.4) is 0 Å². The molecule has 0 aliphatic heterocycles. The molecule has 5 nitrogen and oxygen atoms in total. The molecule has 0 radical (unpaired) electrons. The lowest BCUT2D eigenvalue weighted by Crippen LogP contribution is -2.50. The van der Waals surface area contributed by atoms with Gasteiger partial charge in [0.2, 0.25) is 5.91 Å². The van der Waals surface area contributed by atoms with E-state index in [1.165, 1.54) is 0 Å². The first-order valence-corrected chi connectivity index (χ1v) is 10.6. The minimum atomic E-state index is -0.608. The third kappa shape index (κ3) is 6.34. The van der Waals surface area contributed by atoms with E-state index in [2.05, 4.69) is 19.2 Å². The molecule has 0 aliphatic rings. The lowest BCUT2D eigenvalue weighted by molar-refractivity contribution is -0.142. The first-order chi connectivity index (χ1) is 14.2. The molecule has 0 aromatic heterocycles. The summed E-state index contributed by atoms with van der Waals surface area (Å²) in [5.41, 5.74) is 3.15. The van der Waals surface area contributed by atoms with E-state index in [1.807, 2.05) is 69.3 Å². The van der Waals surface area contributed by atoms with Crippen molar-refractivity contribution in [3.63, 3.8) is 0 Å². The molecule has 2 amide bonds. The number of hydrogen-bond donors (Lipinski definition) is 1. The third-order valence-electron chi connectivity index (χ3n) is 5.09. The Balaban J connectivity index is 2.21. The van der Waals surface area contributed by atoms with Gasteiger partial charge < -0.3 is 15.0 Å². The summed E-state index contributed by atoms with van der Waals surface area (Å²) in [6, 6.07) is 15.0. The van der Waals surface area contributed by atoms with Crippen molar-refractivity contribution >= 4 is 11.8 Å². The summed E-state index contributed by atoms with van der Waals surface area (Å²) in [4.78, 5) is 27.4. The van der Waals surface area contributed by atoms with Crippen LogP contribution in [-0.4, -0.2) is 35.4 Å². The minimum Gasteiger partial charge on any atom is -0.483 e. The van der Waals surface area contributed by atoms with Gasteiger partial charge in [-0.2, -0.15) is 0 Å². The second-order valence-corrected chi connectivity index (χ2v) is 8.27. The number of para-hydroxylation sites is 1. The van der Waals surface area contributed by atoms with Crippen molar-refractivity contribution in [3.05, 3.63) is 65.2 Å². The number of amides is 2. The molecule has 0 saturated heterocycles. The maximum atomic E-state index is 13.2. The van der Waals surface area contributed by atoms with Gasteiger partial charge in [-0.15, -0.1) is 0 Å². The SMILES string of the molecule is Cc1ccccc1CN(C(=O)COc1ccccc1C(C)C)[C@@H](C)C(=O)NC(C)C. The van der Waals surface area contributed by atoms with E-state index in [-0.39, 0.29) is 30.4 Å². The average Bonchev–Trinajstić information content (AvgIpc) is 2.70. The number of aryl methyl sites for hydroxylation is 1. The molecule has 0 saturated carbocycles. The first kappa shape index (κ1) is 23.5. The molecule has 2 rings (SSSR count). The molecule has 5 heteroatoms. The monoisotopic (exact) mass is 410 g/mol. The van der Waals surface area contributed by atoms with Gasteiger partial charge in [0.25, 0.3) is 5.91 Å². The summed E-state index contributed by atoms with van der Waals surface area (Å²) in [7, 11) is 0. The normalized spacial score (nSPS) is 12.0. The van der Waals surface area contributed by atoms with Crippen LogP contribution in [0.5, 0.6) is 5.75 Å². The number of nitrogens with one attached hydrogen (secondary N) is 1. The van der Waals surface area contributed by atoms with E-state index in [9.17, 15) is 9.59 Å². The van der Waals surface area contributed by atoms with Crippen LogP contribution in [0.4, 0.5) is 0 Å². The zero-order valence-electron chi connectivity index (χ0n) is 18.9. The van der Waals surface area contributed by atoms with Crippen LogP contribution in [0.15, 0.2) is 48.5 Å². The van der Waals surface area contributed by atoms with Crippen molar-refractivity contribution in [2.24, 2.45) is 0 Å². The quantitative estimate of drug-likeness (QED) is 0.665. The lowest BCUT2D eigenvalue weighted by atomic mass is 10.0. The molecule has 0 fully saturated rings. The Morgan fingerprint density at radius 1 is 0.967 bits per heavy atom. The fourth-order valence-electron chi connectivity index (χ4n) is 3.27. The summed E-state index contributed by atoms with van der Waals surface area (Å²) >= 11 is 0. The Kier molecular flexibility index (Phi) is 8.46. The molecule has 0 unspecified atom stereocenters. The lowest BCUT2D eigenvalue weighted by Gasteiger charge is -2.30. The van der Waals surface area contributed by atoms with Gasteiger partial charge in [-0.1, -0.05) is 56.3 Å². The minimum absolute atomic E-state index is 0.00420. The second kappa shape index (κ2) is 10.8. The smallest absolute Gasteiger partial charge is 0.261 e. The maximum Gasteiger partial charge on any atom is 0.261 e. The van der Waals surface area contributed by atoms with Gasteiger partial charge in [-0.25, -0.2) is 0 Å². The van der Waals surface area contributed by atoms with Crippen LogP contribution in [0.2, 0.25) is 0 Å². The van der Waals surface area contributed by atoms with Crippen LogP contribution in [0.1, 0.15) is 57.2 Å². The van der Waals surface area contributed by atoms with Gasteiger partial charge in [0, 0.05) is 12.6 Å². The molecule has 2 aromatic carbocycles. The van der Waals surface area contributed by atoms with E-state index in [0.29, 0.717) is 12.3 Å². The zero-order valence-corrected chi connectivity index (χ0v) is 18.9. The van der Waals surface area contributed by atoms with E-state index in [1.54, 1.807) is 11.8 Å². The summed E-state index contributed by atoms with van der Waals surface area (Å²) in [6.07, 6.45) is 0. The Morgan fingerprint density at radius 3 is 2.23 bits per heavy atom. The number of carbonyl (C=O) groups is 2. The molecule has 0 heterocycles. The van der Waals surface area contributed by atoms with Crippen molar-refractivity contribution in [2.75, 3.05) is 6.61 Å². The van der Waals surface area contributed by atoms with E-state index < -0.39 is 6.04 Å². The largest absolute Gasteiger partial charge is 0.483 e. The average molecular weight is 411 g/mol. The van der Waals surface area contributed by atoms with Crippen molar-refractivity contribution in [2.45, 2.75) is 66.1 Å². The van der Waals surface area contributed by atoms with Crippen LogP contribution in [0, 0.1) is 6.92 Å². The Hall–Kier alpha value is -2.82. The van der Waals surface area contributed by atoms with Crippen molar-refractivity contribution < 1.29 is 14.3 Å². The van der Waals surface area contributed by atoms with Crippen LogP contribution >= 0.6 is 0 Å². The number of ether oxygens (including phenoxy) is 1. The van der Waals surface area contributed by atoms with Crippen LogP contribution in [-0.2, 0) is 16.1 Å². The molecule has 0 bridgehead atoms. The van der Waals surface area contributed by atoms with Gasteiger partial charge in [-0.05, 0) is 56.4 Å². The summed E-state index contributed by atoms with van der Waals surface area (Å²) < 4.78 is 5.90. The predicted octanol–water partition coefficient (Wildman–Crippen LogP) is 4.44. The molecule has 2 aromatic rings. The summed E-state index contributed by atoms with van der Waals surface area (Å²) in [5.74, 6) is 0.601. The van der Waals surface area contributed by atoms with Crippen LogP contribution in [0.25, 0.3) is 0 Å². The van der Waals surface area contributed by atoms with Gasteiger partial charge in [0.15, 0.2) is 6.61 Å². The fourth-order valence-corrected chi connectivity index (χ4v) is 3.27. The number of benzene rings is 2. The van der Waals surface area contributed by atoms with E-state index in [4.69, 9.17) is 4.74 Å². The van der Waals surface area contributed by atoms with Crippen molar-refractivity contribution in [1.82, 2.24) is 10.2 Å². The van der Waals surface area contributed by atoms with Crippen LogP contribution < -0.4 is 10.1 Å². The van der Waals surface area contributed by atoms with E-state index >= 15 is 0 Å². The zero-order chi connectivity index (χ0) is 22.3. The van der Waals surface area contributed by atoms with Gasteiger partial charge in [0.1, 0.15) is 11.8 Å². The highest BCUT2D eigenvalue weighted by atomic mass is 16.5. The van der Waals surface area contributed by atoms with Crippen molar-refractivity contribution in [3.8, 4) is 5.75 Å². The predicted molar refractivity (Wildman–Crippen MR) is 120 cm³/mol. The number of hydrogen-bond acceptors (Lipinski definition) is 3. The summed E-state index contributed by atoms with van der Waals surface area (Å²) in [6.45, 7) is 12.0. The Morgan fingerprint density at radius 2 is 1.60 bits per heavy atom. The Labute approximate surface area is 180 Å². The van der Waals surface area contributed by atoms with Crippen molar-refractivity contribution in [1.29, 1.82) is 0 Å². The highest BCUT2D eigenvalue weighted by Gasteiger charge is 2.27. The van der Waals surface area contributed by atoms with Gasteiger partial charge >= 0.3 is 0 Å². The Bertz CT molecular complexity index is 861.